The minimum Gasteiger partial charge on any atom is -0.465 e. The van der Waals surface area contributed by atoms with Crippen molar-refractivity contribution in [3.63, 3.8) is 0 Å². The van der Waals surface area contributed by atoms with E-state index in [1.165, 1.54) is 0 Å². The van der Waals surface area contributed by atoms with Crippen molar-refractivity contribution in [2.24, 2.45) is 0 Å². The van der Waals surface area contributed by atoms with Gasteiger partial charge in [0.2, 0.25) is 0 Å². The Morgan fingerprint density at radius 1 is 1.39 bits per heavy atom. The highest BCUT2D eigenvalue weighted by molar-refractivity contribution is 6.74. The molecule has 1 unspecified atom stereocenters. The minimum absolute atomic E-state index is 0.00900. The molecular weight excluding hydrogens is 250 g/mol. The van der Waals surface area contributed by atoms with Crippen LogP contribution in [0.5, 0.6) is 0 Å². The van der Waals surface area contributed by atoms with Crippen molar-refractivity contribution >= 4 is 14.4 Å². The molecule has 6 heteroatoms. The van der Waals surface area contributed by atoms with E-state index in [0.29, 0.717) is 6.42 Å². The van der Waals surface area contributed by atoms with Crippen molar-refractivity contribution in [3.8, 4) is 0 Å². The molecule has 0 rings (SSSR count). The first-order valence-electron chi connectivity index (χ1n) is 6.29. The van der Waals surface area contributed by atoms with Gasteiger partial charge in [0.15, 0.2) is 8.32 Å². The second kappa shape index (κ2) is 6.54. The van der Waals surface area contributed by atoms with E-state index in [4.69, 9.17) is 14.6 Å². The summed E-state index contributed by atoms with van der Waals surface area (Å²) in [4.78, 5) is 10.7. The third kappa shape index (κ3) is 5.37. The maximum atomic E-state index is 10.7. The van der Waals surface area contributed by atoms with Crippen molar-refractivity contribution in [3.05, 3.63) is 0 Å². The molecule has 0 aromatic heterocycles. The van der Waals surface area contributed by atoms with Crippen molar-refractivity contribution in [1.29, 1.82) is 0 Å². The number of rotatable bonds is 6. The molecule has 1 amide bonds. The number of hydrogen-bond donors (Lipinski definition) is 3. The van der Waals surface area contributed by atoms with E-state index < -0.39 is 14.4 Å². The van der Waals surface area contributed by atoms with E-state index >= 15 is 0 Å². The maximum absolute atomic E-state index is 10.7. The zero-order chi connectivity index (χ0) is 14.6. The van der Waals surface area contributed by atoms with Crippen LogP contribution >= 0.6 is 0 Å². The zero-order valence-corrected chi connectivity index (χ0v) is 13.3. The molecule has 0 aliphatic rings. The number of amides is 1. The lowest BCUT2D eigenvalue weighted by Gasteiger charge is -2.40. The Morgan fingerprint density at radius 3 is 2.22 bits per heavy atom. The number of carbonyl (C=O) groups is 1. The highest BCUT2D eigenvalue weighted by Gasteiger charge is 2.40. The molecule has 0 spiro atoms. The van der Waals surface area contributed by atoms with Crippen LogP contribution in [-0.2, 0) is 4.43 Å². The number of aliphatic hydroxyl groups is 1. The molecule has 0 saturated heterocycles. The lowest BCUT2D eigenvalue weighted by atomic mass is 10.1. The normalized spacial score (nSPS) is 16.2. The lowest BCUT2D eigenvalue weighted by molar-refractivity contribution is 0.105. The van der Waals surface area contributed by atoms with Crippen LogP contribution in [0.15, 0.2) is 0 Å². The summed E-state index contributed by atoms with van der Waals surface area (Å²) in [6.07, 6.45) is -0.912. The van der Waals surface area contributed by atoms with Crippen LogP contribution in [0.25, 0.3) is 0 Å². The molecule has 108 valence electrons. The van der Waals surface area contributed by atoms with Gasteiger partial charge in [-0.25, -0.2) is 4.79 Å². The van der Waals surface area contributed by atoms with Gasteiger partial charge in [0.1, 0.15) is 0 Å². The standard InChI is InChI=1S/C12H27NO4Si/c1-9(13-11(15)16)10(7-8-14)17-18(5,6)12(2,3)4/h9-10,13-14H,7-8H2,1-6H3,(H,15,16)/t9-,10?/m1/s1. The molecule has 0 aliphatic heterocycles. The summed E-state index contributed by atoms with van der Waals surface area (Å²) in [5.41, 5.74) is 0. The molecule has 18 heavy (non-hydrogen) atoms. The van der Waals surface area contributed by atoms with Crippen LogP contribution in [0.2, 0.25) is 18.1 Å². The van der Waals surface area contributed by atoms with E-state index in [1.807, 2.05) is 0 Å². The summed E-state index contributed by atoms with van der Waals surface area (Å²) >= 11 is 0. The van der Waals surface area contributed by atoms with Gasteiger partial charge in [-0.3, -0.25) is 0 Å². The molecule has 0 aromatic carbocycles. The van der Waals surface area contributed by atoms with Crippen LogP contribution in [0, 0.1) is 0 Å². The first-order valence-corrected chi connectivity index (χ1v) is 9.20. The van der Waals surface area contributed by atoms with Gasteiger partial charge in [-0.1, -0.05) is 20.8 Å². The molecule has 0 aliphatic carbocycles. The molecule has 0 saturated carbocycles. The fourth-order valence-corrected chi connectivity index (χ4v) is 2.81. The number of hydrogen-bond acceptors (Lipinski definition) is 3. The van der Waals surface area contributed by atoms with Crippen molar-refractivity contribution in [2.75, 3.05) is 6.61 Å². The van der Waals surface area contributed by atoms with Gasteiger partial charge in [0, 0.05) is 6.61 Å². The molecule has 0 heterocycles. The Morgan fingerprint density at radius 2 is 1.89 bits per heavy atom. The third-order valence-corrected chi connectivity index (χ3v) is 8.08. The van der Waals surface area contributed by atoms with Crippen molar-refractivity contribution in [1.82, 2.24) is 5.32 Å². The second-order valence-corrected chi connectivity index (χ2v) is 10.9. The molecule has 0 bridgehead atoms. The number of aliphatic hydroxyl groups excluding tert-OH is 1. The van der Waals surface area contributed by atoms with Crippen LogP contribution in [0.1, 0.15) is 34.1 Å². The van der Waals surface area contributed by atoms with E-state index in [9.17, 15) is 4.79 Å². The fraction of sp³-hybridized carbons (Fsp3) is 0.917. The Hall–Kier alpha value is -0.593. The first kappa shape index (κ1) is 17.4. The molecule has 5 nitrogen and oxygen atoms in total. The van der Waals surface area contributed by atoms with Gasteiger partial charge in [0.25, 0.3) is 0 Å². The Bertz CT molecular complexity index is 276. The minimum atomic E-state index is -1.96. The highest BCUT2D eigenvalue weighted by atomic mass is 28.4. The molecular formula is C12H27NO4Si. The average molecular weight is 277 g/mol. The quantitative estimate of drug-likeness (QED) is 0.651. The van der Waals surface area contributed by atoms with Gasteiger partial charge in [-0.2, -0.15) is 0 Å². The van der Waals surface area contributed by atoms with Crippen molar-refractivity contribution in [2.45, 2.75) is 64.4 Å². The largest absolute Gasteiger partial charge is 0.465 e. The maximum Gasteiger partial charge on any atom is 0.404 e. The predicted molar refractivity (Wildman–Crippen MR) is 74.4 cm³/mol. The van der Waals surface area contributed by atoms with Gasteiger partial charge in [0.05, 0.1) is 12.1 Å². The smallest absolute Gasteiger partial charge is 0.404 e. The average Bonchev–Trinajstić information content (AvgIpc) is 2.13. The Labute approximate surface area is 111 Å². The summed E-state index contributed by atoms with van der Waals surface area (Å²) in [5.74, 6) is 0. The van der Waals surface area contributed by atoms with E-state index in [-0.39, 0.29) is 23.8 Å². The lowest BCUT2D eigenvalue weighted by Crippen LogP contribution is -2.50. The summed E-state index contributed by atoms with van der Waals surface area (Å²) in [7, 11) is -1.96. The monoisotopic (exact) mass is 277 g/mol. The van der Waals surface area contributed by atoms with Crippen LogP contribution in [0.3, 0.4) is 0 Å². The topological polar surface area (TPSA) is 78.8 Å². The molecule has 0 radical (unpaired) electrons. The summed E-state index contributed by atoms with van der Waals surface area (Å²) in [6, 6.07) is -0.330. The van der Waals surface area contributed by atoms with Crippen LogP contribution in [-0.4, -0.2) is 43.4 Å². The van der Waals surface area contributed by atoms with Crippen molar-refractivity contribution < 1.29 is 19.4 Å². The van der Waals surface area contributed by atoms with Gasteiger partial charge >= 0.3 is 6.09 Å². The predicted octanol–water partition coefficient (Wildman–Crippen LogP) is 2.42. The SMILES string of the molecule is C[C@@H](NC(=O)O)C(CCO)O[Si](C)(C)C(C)(C)C. The fourth-order valence-electron chi connectivity index (χ4n) is 1.38. The van der Waals surface area contributed by atoms with E-state index in [0.717, 1.165) is 0 Å². The van der Waals surface area contributed by atoms with E-state index in [2.05, 4.69) is 39.2 Å². The Balaban J connectivity index is 4.76. The highest BCUT2D eigenvalue weighted by Crippen LogP contribution is 2.37. The van der Waals surface area contributed by atoms with Crippen LogP contribution in [0.4, 0.5) is 4.79 Å². The number of carboxylic acid groups (broad SMARTS) is 1. The summed E-state index contributed by atoms with van der Waals surface area (Å²) in [6.45, 7) is 12.4. The molecule has 0 fully saturated rings. The molecule has 2 atom stereocenters. The van der Waals surface area contributed by atoms with Gasteiger partial charge in [-0.05, 0) is 31.5 Å². The molecule has 3 N–H and O–H groups in total. The van der Waals surface area contributed by atoms with Gasteiger partial charge < -0.3 is 20.0 Å². The summed E-state index contributed by atoms with van der Waals surface area (Å²) < 4.78 is 6.16. The third-order valence-electron chi connectivity index (χ3n) is 3.57. The van der Waals surface area contributed by atoms with Gasteiger partial charge in [-0.15, -0.1) is 0 Å². The zero-order valence-electron chi connectivity index (χ0n) is 12.3. The first-order chi connectivity index (χ1) is 8.01. The molecule has 0 aromatic rings. The summed E-state index contributed by atoms with van der Waals surface area (Å²) in [5, 5.41) is 20.3. The van der Waals surface area contributed by atoms with Crippen LogP contribution < -0.4 is 5.32 Å². The van der Waals surface area contributed by atoms with E-state index in [1.54, 1.807) is 6.92 Å². The number of nitrogens with one attached hydrogen (secondary N) is 1. The Kier molecular flexibility index (Phi) is 6.32. The second-order valence-electron chi connectivity index (χ2n) is 6.17.